The molecule has 59 heavy (non-hydrogen) atoms. The van der Waals surface area contributed by atoms with Gasteiger partial charge in [0, 0.05) is 0 Å². The van der Waals surface area contributed by atoms with Crippen LogP contribution < -0.4 is 60.1 Å². The molecule has 0 amide bonds. The van der Waals surface area contributed by atoms with E-state index in [4.69, 9.17) is 0 Å². The molecule has 0 radical (unpaired) electrons. The summed E-state index contributed by atoms with van der Waals surface area (Å²) in [6.45, 7) is 0. The summed E-state index contributed by atoms with van der Waals surface area (Å²) in [5.41, 5.74) is 0. The predicted molar refractivity (Wildman–Crippen MR) is 260 cm³/mol. The third kappa shape index (κ3) is 13.1. The second kappa shape index (κ2) is 25.0. The molecule has 0 atom stereocenters. The predicted octanol–water partition coefficient (Wildman–Crippen LogP) is 6.53. The van der Waals surface area contributed by atoms with Gasteiger partial charge in [0.25, 0.3) is 0 Å². The molecule has 0 aromatic heterocycles. The van der Waals surface area contributed by atoms with Gasteiger partial charge in [0.15, 0.2) is 0 Å². The van der Waals surface area contributed by atoms with E-state index in [-0.39, 0.29) is 31.9 Å². The number of halogens is 1. The molecule has 9 aromatic carbocycles. The van der Waals surface area contributed by atoms with E-state index in [1.807, 2.05) is 0 Å². The summed E-state index contributed by atoms with van der Waals surface area (Å²) in [5, 5.41) is 12.9. The molecule has 0 fully saturated rings. The van der Waals surface area contributed by atoms with Crippen LogP contribution in [0.4, 0.5) is 0 Å². The Bertz CT molecular complexity index is 1870. The van der Waals surface area contributed by atoms with Crippen LogP contribution in [0.25, 0.3) is 0 Å². The molecule has 0 heterocycles. The summed E-state index contributed by atoms with van der Waals surface area (Å²) in [6, 6.07) is 97.5. The average Bonchev–Trinajstić information content (AvgIpc) is 3.30. The van der Waals surface area contributed by atoms with Gasteiger partial charge in [-0.05, 0) is 109 Å². The van der Waals surface area contributed by atoms with Crippen LogP contribution in [-0.2, 0) is 19.5 Å². The fourth-order valence-electron chi connectivity index (χ4n) is 6.94. The zero-order valence-corrected chi connectivity index (χ0v) is 38.2. The maximum absolute atomic E-state index is 2.24. The van der Waals surface area contributed by atoms with Crippen molar-refractivity contribution < 1.29 is 31.9 Å². The van der Waals surface area contributed by atoms with Gasteiger partial charge >= 0.3 is 19.5 Å². The fraction of sp³-hybridized carbons (Fsp3) is 0. The van der Waals surface area contributed by atoms with Crippen molar-refractivity contribution in [1.82, 2.24) is 0 Å². The van der Waals surface area contributed by atoms with Crippen molar-refractivity contribution >= 4 is 71.5 Å². The molecule has 290 valence electrons. The zero-order chi connectivity index (χ0) is 38.7. The van der Waals surface area contributed by atoms with Crippen molar-refractivity contribution in [3.8, 4) is 0 Å². The summed E-state index contributed by atoms with van der Waals surface area (Å²) >= 11 is 0. The third-order valence-electron chi connectivity index (χ3n) is 9.56. The molecule has 0 bridgehead atoms. The van der Waals surface area contributed by atoms with E-state index < -0.39 is 23.8 Å². The van der Waals surface area contributed by atoms with E-state index in [2.05, 4.69) is 273 Å². The molecule has 0 saturated carbocycles. The Morgan fingerprint density at radius 3 is 0.322 bits per heavy atom. The van der Waals surface area contributed by atoms with Crippen LogP contribution in [0.5, 0.6) is 0 Å². The zero-order valence-electron chi connectivity index (χ0n) is 32.7. The molecule has 0 nitrogen and oxygen atoms in total. The first kappa shape index (κ1) is 45.3. The minimum Gasteiger partial charge on any atom is -1.00 e. The fourth-order valence-corrected chi connectivity index (χ4v) is 14.7. The molecule has 0 N–H and O–H groups in total. The minimum atomic E-state index is -0.877. The molecule has 0 aliphatic heterocycles. The van der Waals surface area contributed by atoms with Crippen molar-refractivity contribution in [2.24, 2.45) is 0 Å². The van der Waals surface area contributed by atoms with Crippen LogP contribution in [-0.4, -0.2) is 0 Å². The van der Waals surface area contributed by atoms with Crippen LogP contribution in [0.15, 0.2) is 273 Å². The topological polar surface area (TPSA) is 0 Å². The quantitative estimate of drug-likeness (QED) is 0.114. The van der Waals surface area contributed by atoms with E-state index >= 15 is 0 Å². The first-order valence-corrected chi connectivity index (χ1v) is 23.9. The molecule has 9 rings (SSSR count). The number of benzene rings is 9. The second-order valence-electron chi connectivity index (χ2n) is 13.4. The molecule has 0 aliphatic rings. The standard InChI is InChI=1S/3C18H15P.ClH.Ru/c3*1-4-10-16(11-5-1)19(17-12-6-2-7-13-17)18-14-8-3-9-15-18;;/h3*1-15H;1H;/q;;;;+2/p+2. The van der Waals surface area contributed by atoms with Crippen LogP contribution in [0.1, 0.15) is 0 Å². The SMILES string of the molecule is [Cl-].[Ru+2].c1ccc([PH+](c2ccccc2)c2ccccc2)cc1.c1ccc([PH+](c2ccccc2)c2ccccc2)cc1.c1ccc([PH+](c2ccccc2)c2ccccc2)cc1. The number of rotatable bonds is 9. The van der Waals surface area contributed by atoms with Gasteiger partial charge in [0.05, 0.1) is 23.8 Å². The van der Waals surface area contributed by atoms with Crippen molar-refractivity contribution in [3.05, 3.63) is 273 Å². The van der Waals surface area contributed by atoms with Crippen molar-refractivity contribution in [1.29, 1.82) is 0 Å². The van der Waals surface area contributed by atoms with Crippen LogP contribution in [0, 0.1) is 0 Å². The van der Waals surface area contributed by atoms with Crippen molar-refractivity contribution in [2.75, 3.05) is 0 Å². The Balaban J connectivity index is 0.000000165. The Labute approximate surface area is 373 Å². The third-order valence-corrected chi connectivity index (χ3v) is 17.8. The van der Waals surface area contributed by atoms with Crippen LogP contribution in [0.3, 0.4) is 0 Å². The first-order valence-electron chi connectivity index (χ1n) is 19.4. The van der Waals surface area contributed by atoms with Gasteiger partial charge < -0.3 is 12.4 Å². The molecule has 0 spiro atoms. The second-order valence-corrected chi connectivity index (χ2v) is 20.9. The van der Waals surface area contributed by atoms with Gasteiger partial charge in [-0.1, -0.05) is 164 Å². The van der Waals surface area contributed by atoms with Crippen molar-refractivity contribution in [2.45, 2.75) is 0 Å². The van der Waals surface area contributed by atoms with Crippen LogP contribution >= 0.6 is 23.8 Å². The number of hydrogen-bond donors (Lipinski definition) is 0. The molecule has 0 saturated heterocycles. The smallest absolute Gasteiger partial charge is 1.00 e. The Morgan fingerprint density at radius 1 is 0.153 bits per heavy atom. The maximum atomic E-state index is 2.24. The van der Waals surface area contributed by atoms with E-state index in [9.17, 15) is 0 Å². The normalized spacial score (nSPS) is 10.2. The molecular weight excluding hydrogens is 878 g/mol. The average molecular weight is 926 g/mol. The summed E-state index contributed by atoms with van der Waals surface area (Å²) in [4.78, 5) is 0. The Hall–Kier alpha value is -4.82. The summed E-state index contributed by atoms with van der Waals surface area (Å²) in [6.07, 6.45) is 0. The van der Waals surface area contributed by atoms with E-state index in [1.54, 1.807) is 0 Å². The van der Waals surface area contributed by atoms with Gasteiger partial charge in [-0.3, -0.25) is 0 Å². The Kier molecular flexibility index (Phi) is 19.1. The van der Waals surface area contributed by atoms with Gasteiger partial charge in [0.1, 0.15) is 47.7 Å². The monoisotopic (exact) mass is 926 g/mol. The van der Waals surface area contributed by atoms with E-state index in [1.165, 1.54) is 47.7 Å². The minimum absolute atomic E-state index is 0. The van der Waals surface area contributed by atoms with Crippen LogP contribution in [0.2, 0.25) is 0 Å². The summed E-state index contributed by atoms with van der Waals surface area (Å²) in [7, 11) is -2.63. The van der Waals surface area contributed by atoms with Gasteiger partial charge in [-0.2, -0.15) is 0 Å². The first-order chi connectivity index (χ1) is 28.3. The molecule has 0 aliphatic carbocycles. The number of hydrogen-bond acceptors (Lipinski definition) is 0. The van der Waals surface area contributed by atoms with E-state index in [0.717, 1.165) is 0 Å². The van der Waals surface area contributed by atoms with Gasteiger partial charge in [-0.25, -0.2) is 0 Å². The molecular formula is C54H48ClP3Ru+4. The Morgan fingerprint density at radius 2 is 0.237 bits per heavy atom. The maximum Gasteiger partial charge on any atom is 2.00 e. The summed E-state index contributed by atoms with van der Waals surface area (Å²) < 4.78 is 0. The van der Waals surface area contributed by atoms with Gasteiger partial charge in [-0.15, -0.1) is 0 Å². The van der Waals surface area contributed by atoms with E-state index in [0.29, 0.717) is 0 Å². The van der Waals surface area contributed by atoms with Gasteiger partial charge in [0.2, 0.25) is 0 Å². The summed E-state index contributed by atoms with van der Waals surface area (Å²) in [5.74, 6) is 0. The largest absolute Gasteiger partial charge is 2.00 e. The van der Waals surface area contributed by atoms with Crippen molar-refractivity contribution in [3.63, 3.8) is 0 Å². The molecule has 9 aromatic rings. The molecule has 0 unspecified atom stereocenters. The molecule has 5 heteroatoms.